The summed E-state index contributed by atoms with van der Waals surface area (Å²) in [4.78, 5) is 88.8. The number of amides is 6. The molecule has 6 amide bonds. The van der Waals surface area contributed by atoms with E-state index in [9.17, 15) is 65.3 Å². The standard InChI is InChI=1S/C17H18FN3O5.C16H20FN3O4.C12H10FN3O3.C11H12FN3O3.C11H12FN3O2.C11H9FN2O2/c1-17(2,3)26-16(23)21-12(8-18)13(25-15(21)22)10-4-6-11(7-5-10)14-19-9-24-20-14;1-16(2,3)24-15(22)19-12(8-17)13(21)10-4-6-11(7-5-10)14-18-9-23-20-14;13-5-9-10(19-12(17)15-9)7-1-3-8(4-2-7)11-14-6-18-16-11;12-5-8-9(18-11(16)14-8)6-1-3-7(4-2-6)10(13)15-17;12-5-9(13)10(16)7-1-3-8(4-2-7)11-14-6-17-15-11;1-13-8-4-2-7(3-5-8)10-9(6-12)14-11(15)16-10/h4-7,9,12-13H,8H2,1-3H3;4-7,9,12-13,21H,8H2,1-3H3,(H,19,22);1-4,6,9-10H,5H2,(H,15,17);1-4,8-9,17H,5H2,(H2,13,15)(H,14,16);1-4,6,9-10,16H,5,13H2;2-5,9-10H,6H2,(H,14,15)/t2*12-,13-;9-,10-;8-,9-;2*9-,10-/m111111/s1. The Morgan fingerprint density at radius 1 is 0.517 bits per heavy atom. The van der Waals surface area contributed by atoms with Gasteiger partial charge in [0.1, 0.15) is 81.5 Å². The summed E-state index contributed by atoms with van der Waals surface area (Å²) in [5.74, 6) is 1.71. The van der Waals surface area contributed by atoms with E-state index in [0.29, 0.717) is 84.0 Å². The number of benzene rings is 6. The minimum Gasteiger partial charge on any atom is -0.444 e. The molecule has 634 valence electrons. The second-order valence-corrected chi connectivity index (χ2v) is 28.0. The number of imide groups is 1. The molecule has 0 unspecified atom stereocenters. The van der Waals surface area contributed by atoms with Gasteiger partial charge in [0.25, 0.3) is 0 Å². The molecule has 14 rings (SSSR count). The molecule has 0 spiro atoms. The number of amidine groups is 1. The monoisotopic (exact) mass is 1670 g/mol. The van der Waals surface area contributed by atoms with E-state index in [-0.39, 0.29) is 5.84 Å². The number of carbonyl (C=O) groups is 6. The van der Waals surface area contributed by atoms with Crippen molar-refractivity contribution >= 4 is 48.1 Å². The maximum Gasteiger partial charge on any atom is 0.420 e. The Labute approximate surface area is 678 Å². The molecular formula is C78H81F6N17O19. The summed E-state index contributed by atoms with van der Waals surface area (Å²) in [6, 6.07) is 35.0. The number of hydrogen-bond acceptors (Lipinski definition) is 29. The van der Waals surface area contributed by atoms with Crippen molar-refractivity contribution in [1.82, 2.24) is 66.7 Å². The average Bonchev–Trinajstić information content (AvgIpc) is 1.63. The van der Waals surface area contributed by atoms with Gasteiger partial charge in [-0.1, -0.05) is 171 Å². The first-order chi connectivity index (χ1) is 57.5. The lowest BCUT2D eigenvalue weighted by Crippen LogP contribution is -2.43. The Bertz CT molecular complexity index is 4980. The van der Waals surface area contributed by atoms with Crippen molar-refractivity contribution < 1.29 is 117 Å². The molecule has 0 radical (unpaired) electrons. The smallest absolute Gasteiger partial charge is 0.420 e. The molecule has 4 saturated heterocycles. The molecule has 42 heteroatoms. The van der Waals surface area contributed by atoms with Gasteiger partial charge in [-0.2, -0.15) is 19.9 Å². The highest BCUT2D eigenvalue weighted by molar-refractivity contribution is 5.97. The second kappa shape index (κ2) is 42.2. The number of aromatic nitrogens is 8. The Kier molecular flexibility index (Phi) is 31.6. The van der Waals surface area contributed by atoms with Crippen LogP contribution in [0.2, 0.25) is 0 Å². The van der Waals surface area contributed by atoms with E-state index in [0.717, 1.165) is 11.1 Å². The summed E-state index contributed by atoms with van der Waals surface area (Å²) in [5.41, 5.74) is 16.8. The van der Waals surface area contributed by atoms with Crippen LogP contribution in [0.25, 0.3) is 50.4 Å². The SMILES string of the molecule is CC(C)(C)OC(=O)N1C(=O)O[C@H](c2ccc(-c3ncon3)cc2)[C@H]1CF.CC(C)(C)OC(=O)N[C@H](CF)[C@H](O)c1ccc(-c2ncon2)cc1.NC(=NO)c1ccc([C@H]2OC(=O)N[C@@H]2CF)cc1.N[C@H](CF)[C@H](O)c1ccc(-c2ncon2)cc1.O=C1N[C@H](CF)[C@@H](c2ccc(-c3ncon3)cc2)O1.[C-]#[N+]c1ccc([C@H]2OC(=O)N[C@@H]2CF)cc1. The molecule has 120 heavy (non-hydrogen) atoms. The van der Waals surface area contributed by atoms with E-state index in [1.165, 1.54) is 25.6 Å². The van der Waals surface area contributed by atoms with Gasteiger partial charge in [-0.3, -0.25) is 0 Å². The number of halogens is 6. The summed E-state index contributed by atoms with van der Waals surface area (Å²) < 4.78 is 126. The largest absolute Gasteiger partial charge is 0.444 e. The molecule has 11 N–H and O–H groups in total. The van der Waals surface area contributed by atoms with Crippen LogP contribution >= 0.6 is 0 Å². The third kappa shape index (κ3) is 24.5. The van der Waals surface area contributed by atoms with Crippen LogP contribution < -0.4 is 32.7 Å². The first-order valence-corrected chi connectivity index (χ1v) is 36.1. The number of nitrogens with two attached hydrogens (primary N) is 2. The second-order valence-electron chi connectivity index (χ2n) is 28.0. The van der Waals surface area contributed by atoms with Crippen LogP contribution in [0.1, 0.15) is 117 Å². The Morgan fingerprint density at radius 2 is 0.867 bits per heavy atom. The molecular weight excluding hydrogens is 1590 g/mol. The average molecular weight is 1670 g/mol. The highest BCUT2D eigenvalue weighted by Gasteiger charge is 2.48. The third-order valence-electron chi connectivity index (χ3n) is 17.3. The van der Waals surface area contributed by atoms with Crippen molar-refractivity contribution in [2.75, 3.05) is 40.0 Å². The van der Waals surface area contributed by atoms with E-state index in [1.54, 1.807) is 187 Å². The molecule has 0 saturated carbocycles. The number of rotatable bonds is 20. The molecule has 0 aliphatic carbocycles. The zero-order valence-corrected chi connectivity index (χ0v) is 64.6. The molecule has 0 bridgehead atoms. The van der Waals surface area contributed by atoms with Gasteiger partial charge in [0.15, 0.2) is 35.9 Å². The lowest BCUT2D eigenvalue weighted by molar-refractivity contribution is 0.0268. The Morgan fingerprint density at radius 3 is 1.18 bits per heavy atom. The zero-order chi connectivity index (χ0) is 86.8. The van der Waals surface area contributed by atoms with Gasteiger partial charge in [-0.25, -0.2) is 64.9 Å². The lowest BCUT2D eigenvalue weighted by Gasteiger charge is -2.25. The van der Waals surface area contributed by atoms with E-state index in [4.69, 9.17) is 51.7 Å². The number of nitrogens with one attached hydrogen (secondary N) is 4. The van der Waals surface area contributed by atoms with Crippen LogP contribution in [0.15, 0.2) is 194 Å². The molecule has 6 aromatic carbocycles. The van der Waals surface area contributed by atoms with Crippen LogP contribution in [0.3, 0.4) is 0 Å². The summed E-state index contributed by atoms with van der Waals surface area (Å²) in [7, 11) is 0. The first kappa shape index (κ1) is 89.8. The minimum atomic E-state index is -1.22. The minimum absolute atomic E-state index is 0.0230. The van der Waals surface area contributed by atoms with Crippen molar-refractivity contribution in [2.45, 2.75) is 126 Å². The van der Waals surface area contributed by atoms with Crippen LogP contribution in [0, 0.1) is 6.57 Å². The first-order valence-electron chi connectivity index (χ1n) is 36.1. The van der Waals surface area contributed by atoms with Crippen LogP contribution in [-0.4, -0.2) is 191 Å². The molecule has 36 nitrogen and oxygen atoms in total. The van der Waals surface area contributed by atoms with Crippen molar-refractivity contribution in [3.8, 4) is 45.6 Å². The molecule has 10 aromatic rings. The normalized spacial score (nSPS) is 19.4. The van der Waals surface area contributed by atoms with Crippen molar-refractivity contribution in [3.63, 3.8) is 0 Å². The topological polar surface area (TPSA) is 494 Å². The van der Waals surface area contributed by atoms with Gasteiger partial charge in [0.05, 0.1) is 24.8 Å². The van der Waals surface area contributed by atoms with Gasteiger partial charge in [-0.15, -0.1) is 0 Å². The van der Waals surface area contributed by atoms with Gasteiger partial charge >= 0.3 is 36.6 Å². The van der Waals surface area contributed by atoms with E-state index in [2.05, 4.69) is 89.9 Å². The maximum absolute atomic E-state index is 13.6. The third-order valence-corrected chi connectivity index (χ3v) is 17.3. The van der Waals surface area contributed by atoms with E-state index < -0.39 is 161 Å². The molecule has 4 aliphatic rings. The summed E-state index contributed by atoms with van der Waals surface area (Å²) >= 11 is 0. The summed E-state index contributed by atoms with van der Waals surface area (Å²) in [6.45, 7) is 12.1. The lowest BCUT2D eigenvalue weighted by atomic mass is 10.0. The highest BCUT2D eigenvalue weighted by Crippen LogP contribution is 2.37. The quantitative estimate of drug-likeness (QED) is 0.00651. The number of ether oxygens (including phenoxy) is 6. The number of aliphatic hydroxyl groups is 2. The van der Waals surface area contributed by atoms with Gasteiger partial charge < -0.3 is 94.7 Å². The van der Waals surface area contributed by atoms with E-state index in [1.807, 2.05) is 0 Å². The van der Waals surface area contributed by atoms with E-state index >= 15 is 0 Å². The fourth-order valence-electron chi connectivity index (χ4n) is 11.5. The number of alkyl carbamates (subject to hydrolysis) is 4. The molecule has 8 heterocycles. The maximum atomic E-state index is 13.6. The fraction of sp³-hybridized carbons (Fsp3) is 0.333. The zero-order valence-electron chi connectivity index (χ0n) is 64.6. The number of hydrogen-bond donors (Lipinski definition) is 9. The van der Waals surface area contributed by atoms with Gasteiger partial charge in [0, 0.05) is 27.8 Å². The van der Waals surface area contributed by atoms with Crippen molar-refractivity contribution in [2.24, 2.45) is 16.6 Å². The summed E-state index contributed by atoms with van der Waals surface area (Å²) in [5, 5.41) is 55.7. The van der Waals surface area contributed by atoms with Gasteiger partial charge in [0.2, 0.25) is 48.9 Å². The number of carbonyl (C=O) groups excluding carboxylic acids is 6. The fourth-order valence-corrected chi connectivity index (χ4v) is 11.5. The van der Waals surface area contributed by atoms with Crippen molar-refractivity contribution in [1.29, 1.82) is 0 Å². The number of oxime groups is 1. The predicted molar refractivity (Wildman–Crippen MR) is 407 cm³/mol. The molecule has 4 fully saturated rings. The van der Waals surface area contributed by atoms with Crippen LogP contribution in [0.4, 0.5) is 60.8 Å². The number of nitrogens with zero attached hydrogens (tertiary/aromatic N) is 11. The highest BCUT2D eigenvalue weighted by atomic mass is 19.1. The number of cyclic esters (lactones) is 4. The Balaban J connectivity index is 0.000000165. The predicted octanol–water partition coefficient (Wildman–Crippen LogP) is 12.3. The molecule has 4 aliphatic heterocycles. The molecule has 12 atom stereocenters. The van der Waals surface area contributed by atoms with Crippen LogP contribution in [-0.2, 0) is 28.4 Å². The summed E-state index contributed by atoms with van der Waals surface area (Å²) in [6.07, 6.45) is -4.67. The Hall–Kier alpha value is -14.1. The van der Waals surface area contributed by atoms with Gasteiger partial charge in [-0.05, 0) is 74.9 Å². The molecule has 4 aromatic heterocycles. The van der Waals surface area contributed by atoms with Crippen molar-refractivity contribution in [3.05, 3.63) is 222 Å². The number of aliphatic hydroxyl groups excluding tert-OH is 2. The number of alkyl halides is 6. The van der Waals surface area contributed by atoms with Crippen LogP contribution in [0.5, 0.6) is 0 Å².